The number of hydrogen-bond donors (Lipinski definition) is 3. The molecule has 4 N–H and O–H groups in total. The van der Waals surface area contributed by atoms with Gasteiger partial charge in [-0.15, -0.1) is 0 Å². The Morgan fingerprint density at radius 1 is 1.47 bits per heavy atom. The predicted molar refractivity (Wildman–Crippen MR) is 74.5 cm³/mol. The van der Waals surface area contributed by atoms with Crippen LogP contribution in [0.15, 0.2) is 18.2 Å². The number of amides is 1. The van der Waals surface area contributed by atoms with Gasteiger partial charge >= 0.3 is 0 Å². The number of halogens is 1. The molecule has 0 saturated heterocycles. The Morgan fingerprint density at radius 2 is 2.18 bits per heavy atom. The minimum atomic E-state index is -0.0625. The van der Waals surface area contributed by atoms with Crippen LogP contribution >= 0.6 is 23.8 Å². The van der Waals surface area contributed by atoms with Crippen LogP contribution in [0.2, 0.25) is 5.02 Å². The van der Waals surface area contributed by atoms with Crippen molar-refractivity contribution in [1.82, 2.24) is 5.32 Å². The van der Waals surface area contributed by atoms with Crippen molar-refractivity contribution in [2.45, 2.75) is 6.92 Å². The Kier molecular flexibility index (Phi) is 5.18. The maximum absolute atomic E-state index is 10.7. The number of anilines is 1. The molecule has 0 bridgehead atoms. The summed E-state index contributed by atoms with van der Waals surface area (Å²) in [7, 11) is 0. The molecular weight excluding hydrogens is 258 g/mol. The van der Waals surface area contributed by atoms with Crippen molar-refractivity contribution in [3.63, 3.8) is 0 Å². The lowest BCUT2D eigenvalue weighted by Crippen LogP contribution is -2.26. The summed E-state index contributed by atoms with van der Waals surface area (Å²) in [5.74, 6) is -0.0625. The summed E-state index contributed by atoms with van der Waals surface area (Å²) >= 11 is 11.0. The Morgan fingerprint density at radius 3 is 2.76 bits per heavy atom. The van der Waals surface area contributed by atoms with Gasteiger partial charge in [0.25, 0.3) is 0 Å². The Labute approximate surface area is 111 Å². The smallest absolute Gasteiger partial charge is 0.216 e. The highest BCUT2D eigenvalue weighted by Crippen LogP contribution is 2.23. The molecule has 0 atom stereocenters. The predicted octanol–water partition coefficient (Wildman–Crippen LogP) is 1.52. The highest BCUT2D eigenvalue weighted by atomic mass is 35.5. The van der Waals surface area contributed by atoms with E-state index in [1.54, 1.807) is 6.07 Å². The fraction of sp³-hybridized carbons (Fsp3) is 0.273. The number of hydrogen-bond acceptors (Lipinski definition) is 3. The van der Waals surface area contributed by atoms with E-state index < -0.39 is 0 Å². The van der Waals surface area contributed by atoms with Crippen LogP contribution in [0, 0.1) is 0 Å². The first-order valence-electron chi connectivity index (χ1n) is 5.09. The molecule has 4 nitrogen and oxygen atoms in total. The van der Waals surface area contributed by atoms with Crippen LogP contribution in [-0.4, -0.2) is 24.0 Å². The van der Waals surface area contributed by atoms with E-state index in [4.69, 9.17) is 29.6 Å². The SMILES string of the molecule is CC(=O)NCCNc1cccc(Cl)c1C(N)=S. The maximum atomic E-state index is 10.7. The summed E-state index contributed by atoms with van der Waals surface area (Å²) in [6.07, 6.45) is 0. The van der Waals surface area contributed by atoms with Crippen LogP contribution in [0.1, 0.15) is 12.5 Å². The second kappa shape index (κ2) is 6.42. The third-order valence-corrected chi connectivity index (χ3v) is 2.59. The zero-order chi connectivity index (χ0) is 12.8. The van der Waals surface area contributed by atoms with Crippen LogP contribution in [-0.2, 0) is 4.79 Å². The average molecular weight is 272 g/mol. The first-order chi connectivity index (χ1) is 8.02. The third-order valence-electron chi connectivity index (χ3n) is 2.07. The van der Waals surface area contributed by atoms with Gasteiger partial charge < -0.3 is 16.4 Å². The zero-order valence-corrected chi connectivity index (χ0v) is 11.0. The van der Waals surface area contributed by atoms with E-state index >= 15 is 0 Å². The number of thiocarbonyl (C=S) groups is 1. The number of rotatable bonds is 5. The van der Waals surface area contributed by atoms with E-state index in [2.05, 4.69) is 10.6 Å². The van der Waals surface area contributed by atoms with Gasteiger partial charge in [0.15, 0.2) is 0 Å². The zero-order valence-electron chi connectivity index (χ0n) is 9.42. The van der Waals surface area contributed by atoms with Crippen molar-refractivity contribution in [2.75, 3.05) is 18.4 Å². The highest BCUT2D eigenvalue weighted by Gasteiger charge is 2.08. The van der Waals surface area contributed by atoms with Crippen molar-refractivity contribution in [2.24, 2.45) is 5.73 Å². The van der Waals surface area contributed by atoms with Crippen LogP contribution in [0.4, 0.5) is 5.69 Å². The van der Waals surface area contributed by atoms with Crippen LogP contribution in [0.3, 0.4) is 0 Å². The third kappa shape index (κ3) is 4.20. The van der Waals surface area contributed by atoms with Gasteiger partial charge in [-0.05, 0) is 12.1 Å². The number of carbonyl (C=O) groups excluding carboxylic acids is 1. The van der Waals surface area contributed by atoms with E-state index in [1.807, 2.05) is 12.1 Å². The van der Waals surface area contributed by atoms with E-state index in [0.29, 0.717) is 23.7 Å². The van der Waals surface area contributed by atoms with Gasteiger partial charge in [0.2, 0.25) is 5.91 Å². The molecule has 1 amide bonds. The minimum absolute atomic E-state index is 0.0625. The van der Waals surface area contributed by atoms with Crippen molar-refractivity contribution in [1.29, 1.82) is 0 Å². The average Bonchev–Trinajstić information content (AvgIpc) is 2.23. The molecule has 0 unspecified atom stereocenters. The second-order valence-electron chi connectivity index (χ2n) is 3.44. The molecule has 0 aliphatic heterocycles. The molecule has 0 saturated carbocycles. The summed E-state index contributed by atoms with van der Waals surface area (Å²) < 4.78 is 0. The highest BCUT2D eigenvalue weighted by molar-refractivity contribution is 7.80. The molecule has 17 heavy (non-hydrogen) atoms. The summed E-state index contributed by atoms with van der Waals surface area (Å²) in [4.78, 5) is 10.9. The van der Waals surface area contributed by atoms with Gasteiger partial charge in [0, 0.05) is 25.7 Å². The van der Waals surface area contributed by atoms with E-state index in [9.17, 15) is 4.79 Å². The van der Waals surface area contributed by atoms with E-state index in [0.717, 1.165) is 5.69 Å². The fourth-order valence-corrected chi connectivity index (χ4v) is 1.91. The fourth-order valence-electron chi connectivity index (χ4n) is 1.36. The first-order valence-corrected chi connectivity index (χ1v) is 5.87. The van der Waals surface area contributed by atoms with Gasteiger partial charge in [-0.3, -0.25) is 4.79 Å². The molecule has 0 heterocycles. The van der Waals surface area contributed by atoms with Gasteiger partial charge in [-0.25, -0.2) is 0 Å². The van der Waals surface area contributed by atoms with E-state index in [-0.39, 0.29) is 10.9 Å². The van der Waals surface area contributed by atoms with Crippen molar-refractivity contribution < 1.29 is 4.79 Å². The van der Waals surface area contributed by atoms with Crippen LogP contribution in [0.25, 0.3) is 0 Å². The van der Waals surface area contributed by atoms with Gasteiger partial charge in [0.1, 0.15) is 4.99 Å². The quantitative estimate of drug-likeness (QED) is 0.561. The van der Waals surface area contributed by atoms with Gasteiger partial charge in [0.05, 0.1) is 10.6 Å². The number of benzene rings is 1. The lowest BCUT2D eigenvalue weighted by atomic mass is 10.1. The molecule has 0 aliphatic rings. The molecule has 0 spiro atoms. The monoisotopic (exact) mass is 271 g/mol. The van der Waals surface area contributed by atoms with Gasteiger partial charge in [-0.1, -0.05) is 29.9 Å². The van der Waals surface area contributed by atoms with Crippen molar-refractivity contribution >= 4 is 40.4 Å². The molecule has 0 aromatic heterocycles. The second-order valence-corrected chi connectivity index (χ2v) is 4.28. The molecule has 0 radical (unpaired) electrons. The largest absolute Gasteiger partial charge is 0.389 e. The Balaban J connectivity index is 2.67. The standard InChI is InChI=1S/C11H14ClN3OS/c1-7(16)14-5-6-15-9-4-2-3-8(12)10(9)11(13)17/h2-4,15H,5-6H2,1H3,(H2,13,17)(H,14,16). The number of nitrogens with one attached hydrogen (secondary N) is 2. The Hall–Kier alpha value is -1.33. The minimum Gasteiger partial charge on any atom is -0.389 e. The molecular formula is C11H14ClN3OS. The van der Waals surface area contributed by atoms with Crippen LogP contribution in [0.5, 0.6) is 0 Å². The molecule has 1 aromatic carbocycles. The summed E-state index contributed by atoms with van der Waals surface area (Å²) in [6, 6.07) is 5.38. The molecule has 0 fully saturated rings. The molecule has 6 heteroatoms. The Bertz CT molecular complexity index is 437. The molecule has 1 aromatic rings. The van der Waals surface area contributed by atoms with Crippen molar-refractivity contribution in [3.8, 4) is 0 Å². The van der Waals surface area contributed by atoms with Crippen molar-refractivity contribution in [3.05, 3.63) is 28.8 Å². The molecule has 1 rings (SSSR count). The summed E-state index contributed by atoms with van der Waals surface area (Å²) in [5, 5.41) is 6.32. The van der Waals surface area contributed by atoms with E-state index in [1.165, 1.54) is 6.92 Å². The lowest BCUT2D eigenvalue weighted by molar-refractivity contribution is -0.118. The van der Waals surface area contributed by atoms with Crippen LogP contribution < -0.4 is 16.4 Å². The molecule has 0 aliphatic carbocycles. The lowest BCUT2D eigenvalue weighted by Gasteiger charge is -2.12. The topological polar surface area (TPSA) is 67.2 Å². The van der Waals surface area contributed by atoms with Gasteiger partial charge in [-0.2, -0.15) is 0 Å². The summed E-state index contributed by atoms with van der Waals surface area (Å²) in [5.41, 5.74) is 7.01. The maximum Gasteiger partial charge on any atom is 0.216 e. The number of carbonyl (C=O) groups is 1. The normalized spacial score (nSPS) is 9.76. The first kappa shape index (κ1) is 13.7. The number of nitrogens with two attached hydrogens (primary N) is 1. The summed E-state index contributed by atoms with van der Waals surface area (Å²) in [6.45, 7) is 2.58. The molecule has 92 valence electrons.